The van der Waals surface area contributed by atoms with Crippen molar-refractivity contribution in [1.29, 1.82) is 5.26 Å². The average molecular weight is 382 g/mol. The molecule has 1 aliphatic heterocycles. The van der Waals surface area contributed by atoms with Crippen LogP contribution >= 0.6 is 11.6 Å². The molecule has 1 heterocycles. The van der Waals surface area contributed by atoms with Gasteiger partial charge in [-0.15, -0.1) is 0 Å². The largest absolute Gasteiger partial charge is 0.369 e. The summed E-state index contributed by atoms with van der Waals surface area (Å²) in [6.45, 7) is 4.05. The monoisotopic (exact) mass is 381 g/mol. The topological polar surface area (TPSA) is 64.4 Å². The van der Waals surface area contributed by atoms with Gasteiger partial charge in [-0.05, 0) is 55.8 Å². The van der Waals surface area contributed by atoms with Gasteiger partial charge in [0.15, 0.2) is 5.78 Å². The summed E-state index contributed by atoms with van der Waals surface area (Å²) in [7, 11) is 0. The Morgan fingerprint density at radius 1 is 1.04 bits per heavy atom. The molecule has 0 spiro atoms. The van der Waals surface area contributed by atoms with Crippen LogP contribution in [-0.4, -0.2) is 42.8 Å². The first-order chi connectivity index (χ1) is 13.0. The van der Waals surface area contributed by atoms with Gasteiger partial charge >= 0.3 is 0 Å². The second-order valence-corrected chi connectivity index (χ2v) is 6.98. The van der Waals surface area contributed by atoms with Crippen molar-refractivity contribution in [1.82, 2.24) is 4.90 Å². The van der Waals surface area contributed by atoms with E-state index in [1.165, 1.54) is 6.92 Å². The Kier molecular flexibility index (Phi) is 5.78. The SMILES string of the molecule is CC(=O)c1ccc(C#N)cc1N1CCCN(C(=O)c2ccc(Cl)cc2)CC1. The maximum absolute atomic E-state index is 12.7. The van der Waals surface area contributed by atoms with Crippen LogP contribution in [0.5, 0.6) is 0 Å². The van der Waals surface area contributed by atoms with Crippen LogP contribution in [0.3, 0.4) is 0 Å². The zero-order chi connectivity index (χ0) is 19.4. The molecule has 6 heteroatoms. The highest BCUT2D eigenvalue weighted by atomic mass is 35.5. The van der Waals surface area contributed by atoms with Gasteiger partial charge in [-0.2, -0.15) is 5.26 Å². The van der Waals surface area contributed by atoms with Gasteiger partial charge in [0.2, 0.25) is 0 Å². The van der Waals surface area contributed by atoms with Crippen LogP contribution in [0.1, 0.15) is 39.6 Å². The first kappa shape index (κ1) is 18.9. The number of benzene rings is 2. The summed E-state index contributed by atoms with van der Waals surface area (Å²) in [6, 6.07) is 14.1. The Labute approximate surface area is 163 Å². The van der Waals surface area contributed by atoms with Crippen LogP contribution in [0, 0.1) is 11.3 Å². The third-order valence-corrected chi connectivity index (χ3v) is 4.97. The Bertz CT molecular complexity index is 903. The fraction of sp³-hybridized carbons (Fsp3) is 0.286. The molecule has 1 fully saturated rings. The Balaban J connectivity index is 1.79. The zero-order valence-electron chi connectivity index (χ0n) is 15.1. The third kappa shape index (κ3) is 4.29. The number of halogens is 1. The van der Waals surface area contributed by atoms with Crippen LogP contribution in [0.15, 0.2) is 42.5 Å². The molecule has 5 nitrogen and oxygen atoms in total. The number of amides is 1. The van der Waals surface area contributed by atoms with Crippen LogP contribution in [0.25, 0.3) is 0 Å². The van der Waals surface area contributed by atoms with Crippen molar-refractivity contribution in [2.75, 3.05) is 31.1 Å². The van der Waals surface area contributed by atoms with Gasteiger partial charge in [0, 0.05) is 48.0 Å². The fourth-order valence-corrected chi connectivity index (χ4v) is 3.42. The first-order valence-corrected chi connectivity index (χ1v) is 9.22. The van der Waals surface area contributed by atoms with Crippen LogP contribution in [0.4, 0.5) is 5.69 Å². The summed E-state index contributed by atoms with van der Waals surface area (Å²) >= 11 is 5.90. The molecular weight excluding hydrogens is 362 g/mol. The number of hydrogen-bond donors (Lipinski definition) is 0. The second kappa shape index (κ2) is 8.24. The lowest BCUT2D eigenvalue weighted by Crippen LogP contribution is -2.35. The minimum atomic E-state index is -0.0344. The number of nitrogens with zero attached hydrogens (tertiary/aromatic N) is 3. The number of Topliss-reactive ketones (excluding diaryl/α,β-unsaturated/α-hetero) is 1. The van der Waals surface area contributed by atoms with E-state index in [1.807, 2.05) is 4.90 Å². The zero-order valence-corrected chi connectivity index (χ0v) is 15.9. The van der Waals surface area contributed by atoms with E-state index >= 15 is 0 Å². The molecule has 2 aromatic rings. The van der Waals surface area contributed by atoms with Crippen LogP contribution in [0.2, 0.25) is 5.02 Å². The lowest BCUT2D eigenvalue weighted by Gasteiger charge is -2.25. The lowest BCUT2D eigenvalue weighted by molar-refractivity contribution is 0.0766. The molecule has 0 aliphatic carbocycles. The normalized spacial score (nSPS) is 14.4. The fourth-order valence-electron chi connectivity index (χ4n) is 3.30. The van der Waals surface area contributed by atoms with E-state index in [9.17, 15) is 14.9 Å². The van der Waals surface area contributed by atoms with Gasteiger partial charge in [-0.1, -0.05) is 11.6 Å². The predicted octanol–water partition coefficient (Wildman–Crippen LogP) is 3.77. The molecule has 27 heavy (non-hydrogen) atoms. The molecule has 138 valence electrons. The summed E-state index contributed by atoms with van der Waals surface area (Å²) in [6.07, 6.45) is 0.785. The van der Waals surface area contributed by atoms with Crippen molar-refractivity contribution >= 4 is 29.0 Å². The summed E-state index contributed by atoms with van der Waals surface area (Å²) in [5.41, 5.74) is 2.51. The molecule has 1 saturated heterocycles. The van der Waals surface area contributed by atoms with Crippen LogP contribution in [-0.2, 0) is 0 Å². The summed E-state index contributed by atoms with van der Waals surface area (Å²) in [4.78, 5) is 28.7. The van der Waals surface area contributed by atoms with E-state index in [0.29, 0.717) is 41.3 Å². The van der Waals surface area contributed by atoms with E-state index < -0.39 is 0 Å². The second-order valence-electron chi connectivity index (χ2n) is 6.54. The van der Waals surface area contributed by atoms with E-state index in [2.05, 4.69) is 11.0 Å². The number of rotatable bonds is 3. The first-order valence-electron chi connectivity index (χ1n) is 8.84. The summed E-state index contributed by atoms with van der Waals surface area (Å²) in [5, 5.41) is 9.79. The van der Waals surface area contributed by atoms with Gasteiger partial charge < -0.3 is 9.80 Å². The standard InChI is InChI=1S/C21H20ClN3O2/c1-15(26)19-8-3-16(14-23)13-20(19)24-9-2-10-25(12-11-24)21(27)17-4-6-18(22)7-5-17/h3-8,13H,2,9-12H2,1H3. The highest BCUT2D eigenvalue weighted by Gasteiger charge is 2.22. The van der Waals surface area contributed by atoms with Gasteiger partial charge in [0.05, 0.1) is 11.6 Å². The molecular formula is C21H20ClN3O2. The number of anilines is 1. The van der Waals surface area contributed by atoms with Gasteiger partial charge in [-0.3, -0.25) is 9.59 Å². The van der Waals surface area contributed by atoms with Crippen molar-refractivity contribution < 1.29 is 9.59 Å². The van der Waals surface area contributed by atoms with Crippen molar-refractivity contribution in [3.05, 3.63) is 64.2 Å². The van der Waals surface area contributed by atoms with E-state index in [0.717, 1.165) is 18.7 Å². The van der Waals surface area contributed by atoms with Crippen molar-refractivity contribution in [3.63, 3.8) is 0 Å². The smallest absolute Gasteiger partial charge is 0.253 e. The van der Waals surface area contributed by atoms with E-state index in [4.69, 9.17) is 11.6 Å². The van der Waals surface area contributed by atoms with Gasteiger partial charge in [-0.25, -0.2) is 0 Å². The average Bonchev–Trinajstić information content (AvgIpc) is 2.93. The summed E-state index contributed by atoms with van der Waals surface area (Å²) in [5.74, 6) is -0.0566. The molecule has 1 amide bonds. The third-order valence-electron chi connectivity index (χ3n) is 4.72. The molecule has 2 aromatic carbocycles. The van der Waals surface area contributed by atoms with E-state index in [-0.39, 0.29) is 11.7 Å². The molecule has 0 aromatic heterocycles. The molecule has 1 aliphatic rings. The van der Waals surface area contributed by atoms with Crippen molar-refractivity contribution in [2.24, 2.45) is 0 Å². The molecule has 0 radical (unpaired) electrons. The number of nitriles is 1. The lowest BCUT2D eigenvalue weighted by atomic mass is 10.1. The number of ketones is 1. The number of carbonyl (C=O) groups excluding carboxylic acids is 2. The molecule has 0 unspecified atom stereocenters. The highest BCUT2D eigenvalue weighted by molar-refractivity contribution is 6.30. The number of carbonyl (C=O) groups is 2. The summed E-state index contributed by atoms with van der Waals surface area (Å²) < 4.78 is 0. The minimum Gasteiger partial charge on any atom is -0.369 e. The molecule has 0 N–H and O–H groups in total. The Morgan fingerprint density at radius 2 is 1.78 bits per heavy atom. The van der Waals surface area contributed by atoms with Crippen LogP contribution < -0.4 is 4.90 Å². The maximum atomic E-state index is 12.7. The molecule has 3 rings (SSSR count). The number of hydrogen-bond acceptors (Lipinski definition) is 4. The molecule has 0 saturated carbocycles. The molecule has 0 atom stereocenters. The predicted molar refractivity (Wildman–Crippen MR) is 105 cm³/mol. The van der Waals surface area contributed by atoms with Gasteiger partial charge in [0.25, 0.3) is 5.91 Å². The Morgan fingerprint density at radius 3 is 2.44 bits per heavy atom. The highest BCUT2D eigenvalue weighted by Crippen LogP contribution is 2.25. The van der Waals surface area contributed by atoms with Gasteiger partial charge in [0.1, 0.15) is 0 Å². The quantitative estimate of drug-likeness (QED) is 0.759. The Hall–Kier alpha value is -2.84. The minimum absolute atomic E-state index is 0.0221. The maximum Gasteiger partial charge on any atom is 0.253 e. The van der Waals surface area contributed by atoms with E-state index in [1.54, 1.807) is 42.5 Å². The molecule has 0 bridgehead atoms. The van der Waals surface area contributed by atoms with Crippen molar-refractivity contribution in [3.8, 4) is 6.07 Å². The van der Waals surface area contributed by atoms with Crippen molar-refractivity contribution in [2.45, 2.75) is 13.3 Å².